The van der Waals surface area contributed by atoms with Gasteiger partial charge in [-0.3, -0.25) is 10.2 Å². The lowest BCUT2D eigenvalue weighted by atomic mass is 10.2. The Morgan fingerprint density at radius 3 is 2.68 bits per heavy atom. The SMILES string of the molecule is CCOC(=O)Cc1csc(NN=Cc2ccc(OCC(=O)OC(C)C)c(OCC)c2)n1. The summed E-state index contributed by atoms with van der Waals surface area (Å²) in [5, 5.41) is 6.50. The molecule has 2 rings (SSSR count). The van der Waals surface area contributed by atoms with Crippen molar-refractivity contribution in [3.05, 3.63) is 34.8 Å². The van der Waals surface area contributed by atoms with Crippen LogP contribution in [0.15, 0.2) is 28.7 Å². The van der Waals surface area contributed by atoms with Crippen LogP contribution in [0.2, 0.25) is 0 Å². The average Bonchev–Trinajstić information content (AvgIpc) is 3.14. The number of anilines is 1. The summed E-state index contributed by atoms with van der Waals surface area (Å²) in [6, 6.07) is 5.24. The topological polar surface area (TPSA) is 108 Å². The lowest BCUT2D eigenvalue weighted by molar-refractivity contribution is -0.149. The van der Waals surface area contributed by atoms with Crippen molar-refractivity contribution in [2.75, 3.05) is 25.2 Å². The van der Waals surface area contributed by atoms with Crippen LogP contribution in [-0.2, 0) is 25.5 Å². The standard InChI is InChI=1S/C21H27N3O6S/c1-5-27-18-9-15(7-8-17(18)29-12-20(26)30-14(3)4)11-22-24-21-23-16(13-31-21)10-19(25)28-6-2/h7-9,11,13-14H,5-6,10,12H2,1-4H3,(H,23,24). The number of hydrogen-bond acceptors (Lipinski definition) is 10. The highest BCUT2D eigenvalue weighted by atomic mass is 32.1. The minimum atomic E-state index is -0.446. The van der Waals surface area contributed by atoms with Crippen LogP contribution in [0.3, 0.4) is 0 Å². The number of hydrogen-bond donors (Lipinski definition) is 1. The van der Waals surface area contributed by atoms with Gasteiger partial charge < -0.3 is 18.9 Å². The first-order valence-corrected chi connectivity index (χ1v) is 10.8. The number of carbonyl (C=O) groups excluding carboxylic acids is 2. The van der Waals surface area contributed by atoms with Gasteiger partial charge in [0.2, 0.25) is 5.13 Å². The van der Waals surface area contributed by atoms with Crippen LogP contribution in [0, 0.1) is 0 Å². The number of aromatic nitrogens is 1. The van der Waals surface area contributed by atoms with Gasteiger partial charge in [-0.15, -0.1) is 11.3 Å². The molecule has 0 fully saturated rings. The Labute approximate surface area is 185 Å². The molecule has 0 atom stereocenters. The van der Waals surface area contributed by atoms with Crippen molar-refractivity contribution in [1.82, 2.24) is 4.98 Å². The molecule has 1 aromatic heterocycles. The number of nitrogens with one attached hydrogen (secondary N) is 1. The molecular formula is C21H27N3O6S. The van der Waals surface area contributed by atoms with Crippen LogP contribution < -0.4 is 14.9 Å². The molecule has 168 valence electrons. The summed E-state index contributed by atoms with van der Waals surface area (Å²) >= 11 is 1.34. The summed E-state index contributed by atoms with van der Waals surface area (Å²) < 4.78 is 21.1. The molecular weight excluding hydrogens is 422 g/mol. The van der Waals surface area contributed by atoms with Gasteiger partial charge in [-0.1, -0.05) is 0 Å². The predicted octanol–water partition coefficient (Wildman–Crippen LogP) is 3.42. The quantitative estimate of drug-likeness (QED) is 0.298. The van der Waals surface area contributed by atoms with E-state index in [9.17, 15) is 9.59 Å². The molecule has 1 N–H and O–H groups in total. The van der Waals surface area contributed by atoms with Crippen molar-refractivity contribution in [1.29, 1.82) is 0 Å². The maximum atomic E-state index is 11.7. The Balaban J connectivity index is 1.96. The van der Waals surface area contributed by atoms with Gasteiger partial charge in [0.15, 0.2) is 18.1 Å². The highest BCUT2D eigenvalue weighted by Crippen LogP contribution is 2.28. The number of hydrazone groups is 1. The van der Waals surface area contributed by atoms with E-state index < -0.39 is 5.97 Å². The lowest BCUT2D eigenvalue weighted by Crippen LogP contribution is -2.19. The number of thiazole rings is 1. The molecule has 0 amide bonds. The van der Waals surface area contributed by atoms with Gasteiger partial charge in [0, 0.05) is 5.38 Å². The fourth-order valence-corrected chi connectivity index (χ4v) is 3.05. The van der Waals surface area contributed by atoms with E-state index in [-0.39, 0.29) is 25.1 Å². The Bertz CT molecular complexity index is 897. The van der Waals surface area contributed by atoms with Gasteiger partial charge in [-0.2, -0.15) is 5.10 Å². The van der Waals surface area contributed by atoms with Gasteiger partial charge in [0.05, 0.1) is 37.6 Å². The maximum Gasteiger partial charge on any atom is 0.344 e. The van der Waals surface area contributed by atoms with E-state index in [1.165, 1.54) is 11.3 Å². The number of ether oxygens (including phenoxy) is 4. The summed E-state index contributed by atoms with van der Waals surface area (Å²) in [6.45, 7) is 7.75. The number of rotatable bonds is 12. The smallest absolute Gasteiger partial charge is 0.344 e. The molecule has 0 aliphatic heterocycles. The molecule has 2 aromatic rings. The zero-order valence-electron chi connectivity index (χ0n) is 18.0. The summed E-state index contributed by atoms with van der Waals surface area (Å²) in [6.07, 6.45) is 1.53. The maximum absolute atomic E-state index is 11.7. The van der Waals surface area contributed by atoms with Crippen LogP contribution >= 0.6 is 11.3 Å². The summed E-state index contributed by atoms with van der Waals surface area (Å²) in [7, 11) is 0. The molecule has 0 saturated heterocycles. The van der Waals surface area contributed by atoms with Gasteiger partial charge in [0.25, 0.3) is 0 Å². The van der Waals surface area contributed by atoms with Crippen LogP contribution in [0.25, 0.3) is 0 Å². The van der Waals surface area contributed by atoms with Crippen molar-refractivity contribution >= 4 is 34.6 Å². The van der Waals surface area contributed by atoms with Crippen molar-refractivity contribution in [3.8, 4) is 11.5 Å². The van der Waals surface area contributed by atoms with E-state index in [0.717, 1.165) is 5.56 Å². The summed E-state index contributed by atoms with van der Waals surface area (Å²) in [5.41, 5.74) is 4.22. The first kappa shape index (κ1) is 24.1. The van der Waals surface area contributed by atoms with Crippen LogP contribution in [-0.4, -0.2) is 49.1 Å². The van der Waals surface area contributed by atoms with Crippen molar-refractivity contribution < 1.29 is 28.5 Å². The molecule has 0 saturated carbocycles. The summed E-state index contributed by atoms with van der Waals surface area (Å²) in [4.78, 5) is 27.5. The fraction of sp³-hybridized carbons (Fsp3) is 0.429. The molecule has 1 heterocycles. The van der Waals surface area contributed by atoms with E-state index in [2.05, 4.69) is 15.5 Å². The molecule has 0 radical (unpaired) electrons. The highest BCUT2D eigenvalue weighted by molar-refractivity contribution is 7.13. The van der Waals surface area contributed by atoms with E-state index >= 15 is 0 Å². The molecule has 1 aromatic carbocycles. The van der Waals surface area contributed by atoms with E-state index in [1.54, 1.807) is 50.6 Å². The second kappa shape index (κ2) is 12.5. The van der Waals surface area contributed by atoms with Gasteiger partial charge in [-0.05, 0) is 51.5 Å². The minimum absolute atomic E-state index is 0.125. The van der Waals surface area contributed by atoms with Gasteiger partial charge >= 0.3 is 11.9 Å². The number of nitrogens with zero attached hydrogens (tertiary/aromatic N) is 2. The van der Waals surface area contributed by atoms with Crippen LogP contribution in [0.4, 0.5) is 5.13 Å². The minimum Gasteiger partial charge on any atom is -0.490 e. The molecule has 0 aliphatic carbocycles. The normalized spacial score (nSPS) is 10.9. The number of carbonyl (C=O) groups is 2. The second-order valence-corrected chi connectivity index (χ2v) is 7.32. The predicted molar refractivity (Wildman–Crippen MR) is 118 cm³/mol. The molecule has 9 nitrogen and oxygen atoms in total. The third-order valence-corrected chi connectivity index (χ3v) is 4.33. The van der Waals surface area contributed by atoms with Gasteiger partial charge in [0.1, 0.15) is 0 Å². The highest BCUT2D eigenvalue weighted by Gasteiger charge is 2.11. The molecule has 31 heavy (non-hydrogen) atoms. The largest absolute Gasteiger partial charge is 0.490 e. The Morgan fingerprint density at radius 1 is 1.16 bits per heavy atom. The Morgan fingerprint density at radius 2 is 1.97 bits per heavy atom. The van der Waals surface area contributed by atoms with Crippen molar-refractivity contribution in [2.24, 2.45) is 5.10 Å². The van der Waals surface area contributed by atoms with E-state index in [4.69, 9.17) is 18.9 Å². The first-order valence-electron chi connectivity index (χ1n) is 9.89. The fourth-order valence-electron chi connectivity index (χ4n) is 2.39. The number of benzene rings is 1. The molecule has 10 heteroatoms. The summed E-state index contributed by atoms with van der Waals surface area (Å²) in [5.74, 6) is 0.176. The number of esters is 2. The second-order valence-electron chi connectivity index (χ2n) is 6.46. The molecule has 0 aliphatic rings. The van der Waals surface area contributed by atoms with Crippen molar-refractivity contribution in [2.45, 2.75) is 40.2 Å². The molecule has 0 spiro atoms. The molecule has 0 bridgehead atoms. The zero-order chi connectivity index (χ0) is 22.6. The first-order chi connectivity index (χ1) is 14.9. The monoisotopic (exact) mass is 449 g/mol. The third-order valence-electron chi connectivity index (χ3n) is 3.54. The zero-order valence-corrected chi connectivity index (χ0v) is 18.9. The van der Waals surface area contributed by atoms with E-state index in [0.29, 0.717) is 35.5 Å². The molecule has 0 unspecified atom stereocenters. The van der Waals surface area contributed by atoms with E-state index in [1.807, 2.05) is 6.92 Å². The van der Waals surface area contributed by atoms with Crippen LogP contribution in [0.1, 0.15) is 39.0 Å². The van der Waals surface area contributed by atoms with Gasteiger partial charge in [-0.25, -0.2) is 9.78 Å². The van der Waals surface area contributed by atoms with Crippen molar-refractivity contribution in [3.63, 3.8) is 0 Å². The Hall–Kier alpha value is -3.14. The lowest BCUT2D eigenvalue weighted by Gasteiger charge is -2.13. The third kappa shape index (κ3) is 8.63. The Kier molecular flexibility index (Phi) is 9.76. The van der Waals surface area contributed by atoms with Crippen LogP contribution in [0.5, 0.6) is 11.5 Å². The average molecular weight is 450 g/mol.